The number of rotatable bonds is 8. The van der Waals surface area contributed by atoms with E-state index in [4.69, 9.17) is 26.5 Å². The zero-order valence-electron chi connectivity index (χ0n) is 72.2. The lowest BCUT2D eigenvalue weighted by Crippen LogP contribution is -1.97. The first-order valence-corrected chi connectivity index (χ1v) is 45.3. The first-order chi connectivity index (χ1) is 63.1. The minimum Gasteiger partial charge on any atom is -0.454 e. The molecule has 0 aliphatic heterocycles. The van der Waals surface area contributed by atoms with Crippen LogP contribution in [0.4, 0.5) is 0 Å². The maximum atomic E-state index is 7.54. The maximum absolute atomic E-state index is 7.54. The topological polar surface area (TPSA) is 92.1 Å². The Morgan fingerprint density at radius 3 is 0.876 bits per heavy atom. The van der Waals surface area contributed by atoms with E-state index in [1.54, 1.807) is 0 Å². The number of hydrogen-bond acceptors (Lipinski definition) is 6. The highest BCUT2D eigenvalue weighted by atomic mass is 16.4. The molecule has 0 atom stereocenters. The molecule has 0 aliphatic rings. The molecule has 30 rings (SSSR count). The van der Waals surface area contributed by atoms with E-state index in [-0.39, 0.29) is 0 Å². The van der Waals surface area contributed by atoms with E-state index in [2.05, 4.69) is 361 Å². The summed E-state index contributed by atoms with van der Waals surface area (Å²) in [6.07, 6.45) is 0. The van der Waals surface area contributed by atoms with E-state index < -0.39 is 0 Å². The third-order valence-electron chi connectivity index (χ3n) is 29.8. The highest BCUT2D eigenvalue weighted by molar-refractivity contribution is 6.37. The number of aryl methyl sites for hydroxylation is 3. The largest absolute Gasteiger partial charge is 0.454 e. The second kappa shape index (κ2) is 24.4. The van der Waals surface area contributed by atoms with Crippen molar-refractivity contribution in [2.45, 2.75) is 80.1 Å². The molecule has 9 nitrogen and oxygen atoms in total. The molecule has 0 unspecified atom stereocenters. The summed E-state index contributed by atoms with van der Waals surface area (Å²) in [7, 11) is 0. The summed E-state index contributed by atoms with van der Waals surface area (Å²) >= 11 is 0. The van der Waals surface area contributed by atoms with Gasteiger partial charge < -0.3 is 39.7 Å². The van der Waals surface area contributed by atoms with Crippen LogP contribution in [0.1, 0.15) is 92.7 Å². The summed E-state index contributed by atoms with van der Waals surface area (Å²) < 4.78 is 51.1. The molecule has 0 bridgehead atoms. The second-order valence-electron chi connectivity index (χ2n) is 37.9. The maximum Gasteiger partial charge on any atom is 0.160 e. The van der Waals surface area contributed by atoms with Crippen molar-refractivity contribution in [3.05, 3.63) is 318 Å². The van der Waals surface area contributed by atoms with Crippen LogP contribution < -0.4 is 0 Å². The Balaban J connectivity index is 0.614. The van der Waals surface area contributed by atoms with E-state index >= 15 is 0 Å². The van der Waals surface area contributed by atoms with Gasteiger partial charge >= 0.3 is 0 Å². The van der Waals surface area contributed by atoms with Gasteiger partial charge in [-0.2, -0.15) is 0 Å². The van der Waals surface area contributed by atoms with Gasteiger partial charge in [-0.25, -0.2) is 0 Å². The minimum absolute atomic E-state index is 0.377. The van der Waals surface area contributed by atoms with Crippen LogP contribution in [0, 0.1) is 20.8 Å². The van der Waals surface area contributed by atoms with Crippen LogP contribution >= 0.6 is 0 Å². The highest BCUT2D eigenvalue weighted by Crippen LogP contribution is 2.56. The fourth-order valence-electron chi connectivity index (χ4n) is 24.2. The van der Waals surface area contributed by atoms with Crippen molar-refractivity contribution in [2.24, 2.45) is 0 Å². The van der Waals surface area contributed by atoms with Crippen LogP contribution in [-0.4, -0.2) is 13.2 Å². The molecule has 0 radical (unpaired) electrons. The predicted molar refractivity (Wildman–Crippen MR) is 538 cm³/mol. The van der Waals surface area contributed by atoms with Gasteiger partial charge in [-0.05, 0) is 243 Å². The van der Waals surface area contributed by atoms with Crippen LogP contribution in [0.2, 0.25) is 0 Å². The normalized spacial score (nSPS) is 13.1. The van der Waals surface area contributed by atoms with Crippen LogP contribution in [0.15, 0.2) is 312 Å². The molecule has 129 heavy (non-hydrogen) atoms. The summed E-state index contributed by atoms with van der Waals surface area (Å²) in [6.45, 7) is 20.5. The number of aromatic nitrogens is 3. The summed E-state index contributed by atoms with van der Waals surface area (Å²) in [5.74, 6) is 1.15. The second-order valence-corrected chi connectivity index (χ2v) is 37.9. The Labute approximate surface area is 734 Å². The number of nitrogens with zero attached hydrogens (tertiary/aromatic N) is 3. The van der Waals surface area contributed by atoms with Crippen molar-refractivity contribution in [2.75, 3.05) is 0 Å². The molecule has 0 spiro atoms. The molecule has 12 aromatic heterocycles. The molecule has 0 saturated carbocycles. The highest BCUT2D eigenvalue weighted by Gasteiger charge is 2.33. The molecule has 18 aromatic carbocycles. The predicted octanol–water partition coefficient (Wildman–Crippen LogP) is 35.2. The van der Waals surface area contributed by atoms with E-state index in [0.717, 1.165) is 247 Å². The van der Waals surface area contributed by atoms with Gasteiger partial charge in [-0.3, -0.25) is 0 Å². The number of furan rings is 6. The average molecular weight is 1660 g/mol. The van der Waals surface area contributed by atoms with Crippen LogP contribution in [0.3, 0.4) is 0 Å². The Morgan fingerprint density at radius 1 is 0.194 bits per heavy atom. The molecule has 0 fully saturated rings. The molecule has 0 amide bonds. The molecule has 0 N–H and O–H groups in total. The minimum atomic E-state index is 0.377. The lowest BCUT2D eigenvalue weighted by Gasteiger charge is -2.16. The van der Waals surface area contributed by atoms with Crippen molar-refractivity contribution in [3.63, 3.8) is 0 Å². The van der Waals surface area contributed by atoms with Crippen molar-refractivity contribution in [1.29, 1.82) is 0 Å². The first-order valence-electron chi connectivity index (χ1n) is 45.3. The number of para-hydroxylation sites is 2. The molecule has 30 aromatic rings. The van der Waals surface area contributed by atoms with Gasteiger partial charge in [-0.15, -0.1) is 0 Å². The van der Waals surface area contributed by atoms with Crippen molar-refractivity contribution >= 4 is 246 Å². The Morgan fingerprint density at radius 2 is 0.496 bits per heavy atom. The zero-order chi connectivity index (χ0) is 85.2. The Hall–Kier alpha value is -15.8. The summed E-state index contributed by atoms with van der Waals surface area (Å²) in [6, 6.07) is 106. The quantitative estimate of drug-likeness (QED) is 0.151. The van der Waals surface area contributed by atoms with E-state index in [1.807, 2.05) is 0 Å². The summed E-state index contributed by atoms with van der Waals surface area (Å²) in [4.78, 5) is 0. The van der Waals surface area contributed by atoms with Crippen LogP contribution in [-0.2, 0) is 0 Å². The molecule has 0 saturated heterocycles. The van der Waals surface area contributed by atoms with Gasteiger partial charge in [0.05, 0.1) is 49.7 Å². The van der Waals surface area contributed by atoms with Gasteiger partial charge in [0.25, 0.3) is 0 Å². The smallest absolute Gasteiger partial charge is 0.160 e. The molecular formula is C120H77N3O6. The summed E-state index contributed by atoms with van der Waals surface area (Å²) in [5.41, 5.74) is 39.0. The average Bonchev–Trinajstić information content (AvgIpc) is 1.52. The number of fused-ring (bicyclic) bond motifs is 42. The van der Waals surface area contributed by atoms with Crippen LogP contribution in [0.25, 0.3) is 302 Å². The van der Waals surface area contributed by atoms with Gasteiger partial charge in [0.15, 0.2) is 33.5 Å². The van der Waals surface area contributed by atoms with Crippen molar-refractivity contribution in [1.82, 2.24) is 13.2 Å². The molecule has 12 heterocycles. The summed E-state index contributed by atoms with van der Waals surface area (Å²) in [5, 5.41) is 26.5. The van der Waals surface area contributed by atoms with Crippen LogP contribution in [0.5, 0.6) is 0 Å². The SMILES string of the molecule is Cc1cccc(-c2cc3c4ccc5c6ccccc6oc5c4n4c3c(c2)c2ccc3c(oc5cccc(-c6ccc7oc8c(ccc9c%10cc(-c%11cc(C)c(C(C)C)c(C)c%11)cc%11c%12ccc%13c(oc%14cccc(-c%15ccc%16oc%17c(ccc%18c%19cc(-c%20cc(C(C)C)cc(C(C)C)c%20)cc%20c%21ccc%22c%23ccccc%23oc%22c%21n(c%20%19)c%18%17)c%16c%15)c%14%13)c%12n(c%10%11)c98)c7c6)c53)c24)c1. The Kier molecular flexibility index (Phi) is 13.3. The van der Waals surface area contributed by atoms with Crippen molar-refractivity contribution < 1.29 is 26.5 Å². The van der Waals surface area contributed by atoms with E-state index in [0.29, 0.717) is 17.8 Å². The lowest BCUT2D eigenvalue weighted by molar-refractivity contribution is 0.669. The zero-order valence-corrected chi connectivity index (χ0v) is 72.2. The van der Waals surface area contributed by atoms with Gasteiger partial charge in [-0.1, -0.05) is 211 Å². The number of hydrogen-bond donors (Lipinski definition) is 0. The third-order valence-corrected chi connectivity index (χ3v) is 29.8. The standard InChI is InChI=1S/C120H77N3O6/c1-57(2)66-46-67(58(3)4)48-69(47-66)72-55-95-78-30-36-83-75-19-10-12-23-97(75)124-115(83)109(78)121-107(95)96(56-72)80-32-38-85-89-49-64(27-41-99(89)126-117(85)111(80)121)74-22-16-26-102-105(74)88-40-34-82-94-54-71(68-44-61(8)103(59(5)6)62(9)45-68)53-93-79-31-37-86-90-50-65(28-42-100(90)127-118(86)112(79)123(108(93)94)114(82)120(88)129-102)73-21-15-25-101-104(73)87-39-33-81-92-52-70(63-18-14-17-60(7)43-63)51-91-77-29-35-84-76-20-11-13-24-98(76)125-116(84)110(77)122(106(91)92)113(81)119(87)128-101/h10-59H,1-9H3. The van der Waals surface area contributed by atoms with Crippen molar-refractivity contribution in [3.8, 4) is 55.6 Å². The fraction of sp³-hybridized carbons (Fsp3) is 0.100. The monoisotopic (exact) mass is 1660 g/mol. The molecule has 0 aliphatic carbocycles. The first kappa shape index (κ1) is 70.4. The molecule has 9 heteroatoms. The van der Waals surface area contributed by atoms with E-state index in [9.17, 15) is 0 Å². The van der Waals surface area contributed by atoms with Gasteiger partial charge in [0, 0.05) is 129 Å². The molecule has 608 valence electrons. The van der Waals surface area contributed by atoms with E-state index in [1.165, 1.54) is 88.3 Å². The lowest BCUT2D eigenvalue weighted by atomic mass is 9.89. The van der Waals surface area contributed by atoms with Gasteiger partial charge in [0.2, 0.25) is 0 Å². The Bertz CT molecular complexity index is 10300. The molecular weight excluding hydrogens is 1580 g/mol. The van der Waals surface area contributed by atoms with Gasteiger partial charge in [0.1, 0.15) is 33.5 Å². The fourth-order valence-corrected chi connectivity index (χ4v) is 24.2. The third kappa shape index (κ3) is 9.03. The number of benzene rings is 18.